The summed E-state index contributed by atoms with van der Waals surface area (Å²) in [6, 6.07) is 21.0. The molecule has 0 fully saturated rings. The molecule has 0 aliphatic rings. The van der Waals surface area contributed by atoms with E-state index < -0.39 is 0 Å². The minimum atomic E-state index is -0.109. The molecule has 0 aliphatic heterocycles. The summed E-state index contributed by atoms with van der Waals surface area (Å²) in [4.78, 5) is 13.1. The molecule has 0 aromatic heterocycles. The molecule has 3 rings (SSSR count). The van der Waals surface area contributed by atoms with Crippen LogP contribution in [0.4, 0.5) is 5.69 Å². The molecule has 0 aliphatic carbocycles. The van der Waals surface area contributed by atoms with Gasteiger partial charge in [-0.25, -0.2) is 0 Å². The Bertz CT molecular complexity index is 765. The van der Waals surface area contributed by atoms with Gasteiger partial charge in [0, 0.05) is 16.1 Å². The van der Waals surface area contributed by atoms with Crippen molar-refractivity contribution in [3.8, 4) is 0 Å². The molecule has 20 heavy (non-hydrogen) atoms. The van der Waals surface area contributed by atoms with Gasteiger partial charge in [-0.05, 0) is 47.2 Å². The molecule has 3 aromatic rings. The summed E-state index contributed by atoms with van der Waals surface area (Å²) >= 11 is 4.22. The van der Waals surface area contributed by atoms with E-state index >= 15 is 0 Å². The smallest absolute Gasteiger partial charge is 0.255 e. The lowest BCUT2D eigenvalue weighted by Crippen LogP contribution is -2.11. The molecular weight excluding hydrogens is 266 g/mol. The average Bonchev–Trinajstić information content (AvgIpc) is 2.49. The van der Waals surface area contributed by atoms with Gasteiger partial charge in [-0.3, -0.25) is 4.79 Å². The molecular formula is C17H13NOS. The van der Waals surface area contributed by atoms with E-state index in [0.717, 1.165) is 21.4 Å². The van der Waals surface area contributed by atoms with Crippen molar-refractivity contribution in [2.75, 3.05) is 5.32 Å². The van der Waals surface area contributed by atoms with Crippen LogP contribution in [0, 0.1) is 0 Å². The molecule has 1 N–H and O–H groups in total. The maximum Gasteiger partial charge on any atom is 0.255 e. The number of nitrogens with one attached hydrogen (secondary N) is 1. The van der Waals surface area contributed by atoms with Gasteiger partial charge in [0.2, 0.25) is 0 Å². The Hall–Kier alpha value is -2.26. The highest BCUT2D eigenvalue weighted by atomic mass is 32.1. The molecule has 0 atom stereocenters. The summed E-state index contributed by atoms with van der Waals surface area (Å²) in [6.45, 7) is 0. The molecule has 0 radical (unpaired) electrons. The van der Waals surface area contributed by atoms with Gasteiger partial charge >= 0.3 is 0 Å². The second kappa shape index (κ2) is 5.39. The van der Waals surface area contributed by atoms with Crippen LogP contribution in [-0.2, 0) is 0 Å². The molecule has 0 heterocycles. The maximum atomic E-state index is 12.2. The van der Waals surface area contributed by atoms with Gasteiger partial charge in [0.15, 0.2) is 0 Å². The van der Waals surface area contributed by atoms with E-state index in [0.29, 0.717) is 5.56 Å². The molecule has 0 spiro atoms. The van der Waals surface area contributed by atoms with Gasteiger partial charge in [-0.15, -0.1) is 12.6 Å². The standard InChI is InChI=1S/C17H13NOS/c19-17(18-15-7-9-16(20)10-8-15)14-6-5-12-3-1-2-4-13(12)11-14/h1-11,20H,(H,18,19). The van der Waals surface area contributed by atoms with Crippen LogP contribution in [0.2, 0.25) is 0 Å². The highest BCUT2D eigenvalue weighted by Gasteiger charge is 2.06. The van der Waals surface area contributed by atoms with Crippen molar-refractivity contribution < 1.29 is 4.79 Å². The van der Waals surface area contributed by atoms with Crippen LogP contribution in [-0.4, -0.2) is 5.91 Å². The summed E-state index contributed by atoms with van der Waals surface area (Å²) in [5, 5.41) is 5.07. The molecule has 98 valence electrons. The lowest BCUT2D eigenvalue weighted by atomic mass is 10.1. The molecule has 3 aromatic carbocycles. The second-order valence-electron chi connectivity index (χ2n) is 4.56. The first-order chi connectivity index (χ1) is 9.72. The van der Waals surface area contributed by atoms with Crippen molar-refractivity contribution in [3.05, 3.63) is 72.3 Å². The van der Waals surface area contributed by atoms with Crippen LogP contribution in [0.3, 0.4) is 0 Å². The van der Waals surface area contributed by atoms with E-state index in [4.69, 9.17) is 0 Å². The number of hydrogen-bond donors (Lipinski definition) is 2. The fraction of sp³-hybridized carbons (Fsp3) is 0. The largest absolute Gasteiger partial charge is 0.322 e. The van der Waals surface area contributed by atoms with Crippen molar-refractivity contribution in [2.45, 2.75) is 4.90 Å². The fourth-order valence-corrected chi connectivity index (χ4v) is 2.23. The summed E-state index contributed by atoms with van der Waals surface area (Å²) in [7, 11) is 0. The number of hydrogen-bond acceptors (Lipinski definition) is 2. The molecule has 2 nitrogen and oxygen atoms in total. The zero-order valence-corrected chi connectivity index (χ0v) is 11.6. The van der Waals surface area contributed by atoms with Crippen molar-refractivity contribution in [1.82, 2.24) is 0 Å². The Morgan fingerprint density at radius 1 is 0.850 bits per heavy atom. The van der Waals surface area contributed by atoms with E-state index in [9.17, 15) is 4.79 Å². The molecule has 0 saturated carbocycles. The summed E-state index contributed by atoms with van der Waals surface area (Å²) in [5.74, 6) is -0.109. The predicted octanol–water partition coefficient (Wildman–Crippen LogP) is 4.38. The molecule has 0 bridgehead atoms. The third-order valence-electron chi connectivity index (χ3n) is 3.14. The van der Waals surface area contributed by atoms with Crippen molar-refractivity contribution in [1.29, 1.82) is 0 Å². The number of fused-ring (bicyclic) bond motifs is 1. The Balaban J connectivity index is 1.86. The Morgan fingerprint density at radius 2 is 1.55 bits per heavy atom. The minimum Gasteiger partial charge on any atom is -0.322 e. The molecule has 1 amide bonds. The summed E-state index contributed by atoms with van der Waals surface area (Å²) in [5.41, 5.74) is 1.42. The highest BCUT2D eigenvalue weighted by Crippen LogP contribution is 2.17. The first kappa shape index (κ1) is 12.8. The number of anilines is 1. The second-order valence-corrected chi connectivity index (χ2v) is 5.08. The van der Waals surface area contributed by atoms with Crippen LogP contribution >= 0.6 is 12.6 Å². The number of rotatable bonds is 2. The topological polar surface area (TPSA) is 29.1 Å². The van der Waals surface area contributed by atoms with Gasteiger partial charge in [-0.2, -0.15) is 0 Å². The fourth-order valence-electron chi connectivity index (χ4n) is 2.08. The van der Waals surface area contributed by atoms with Crippen molar-refractivity contribution in [3.63, 3.8) is 0 Å². The van der Waals surface area contributed by atoms with E-state index in [2.05, 4.69) is 17.9 Å². The normalized spacial score (nSPS) is 10.4. The number of carbonyl (C=O) groups excluding carboxylic acids is 1. The Morgan fingerprint density at radius 3 is 2.30 bits per heavy atom. The van der Waals surface area contributed by atoms with E-state index in [1.165, 1.54) is 0 Å². The number of carbonyl (C=O) groups is 1. The number of thiol groups is 1. The van der Waals surface area contributed by atoms with Crippen LogP contribution < -0.4 is 5.32 Å². The lowest BCUT2D eigenvalue weighted by Gasteiger charge is -2.06. The van der Waals surface area contributed by atoms with Crippen LogP contribution in [0.1, 0.15) is 10.4 Å². The predicted molar refractivity (Wildman–Crippen MR) is 85.6 cm³/mol. The van der Waals surface area contributed by atoms with Gasteiger partial charge in [0.05, 0.1) is 0 Å². The zero-order valence-electron chi connectivity index (χ0n) is 10.7. The van der Waals surface area contributed by atoms with E-state index in [1.807, 2.05) is 66.7 Å². The van der Waals surface area contributed by atoms with Crippen LogP contribution in [0.15, 0.2) is 71.6 Å². The maximum absolute atomic E-state index is 12.2. The average molecular weight is 279 g/mol. The molecule has 0 unspecified atom stereocenters. The van der Waals surface area contributed by atoms with Crippen LogP contribution in [0.5, 0.6) is 0 Å². The van der Waals surface area contributed by atoms with Gasteiger partial charge in [0.25, 0.3) is 5.91 Å². The lowest BCUT2D eigenvalue weighted by molar-refractivity contribution is 0.102. The Kier molecular flexibility index (Phi) is 3.44. The summed E-state index contributed by atoms with van der Waals surface area (Å²) < 4.78 is 0. The number of amides is 1. The first-order valence-corrected chi connectivity index (χ1v) is 6.76. The Labute approximate surface area is 122 Å². The third kappa shape index (κ3) is 2.68. The van der Waals surface area contributed by atoms with Crippen LogP contribution in [0.25, 0.3) is 10.8 Å². The van der Waals surface area contributed by atoms with E-state index in [1.54, 1.807) is 0 Å². The SMILES string of the molecule is O=C(Nc1ccc(S)cc1)c1ccc2ccccc2c1. The third-order valence-corrected chi connectivity index (χ3v) is 3.43. The van der Waals surface area contributed by atoms with Gasteiger partial charge in [0.1, 0.15) is 0 Å². The monoisotopic (exact) mass is 279 g/mol. The van der Waals surface area contributed by atoms with Crippen molar-refractivity contribution in [2.24, 2.45) is 0 Å². The molecule has 0 saturated heterocycles. The molecule has 3 heteroatoms. The minimum absolute atomic E-state index is 0.109. The summed E-state index contributed by atoms with van der Waals surface area (Å²) in [6.07, 6.45) is 0. The quantitative estimate of drug-likeness (QED) is 0.670. The first-order valence-electron chi connectivity index (χ1n) is 6.31. The van der Waals surface area contributed by atoms with Gasteiger partial charge in [-0.1, -0.05) is 30.3 Å². The zero-order chi connectivity index (χ0) is 13.9. The van der Waals surface area contributed by atoms with Gasteiger partial charge < -0.3 is 5.32 Å². The van der Waals surface area contributed by atoms with E-state index in [-0.39, 0.29) is 5.91 Å². The highest BCUT2D eigenvalue weighted by molar-refractivity contribution is 7.80. The van der Waals surface area contributed by atoms with Crippen molar-refractivity contribution >= 4 is 35.0 Å². The number of benzene rings is 3.